The Bertz CT molecular complexity index is 674. The molecular weight excluding hydrogens is 302 g/mol. The van der Waals surface area contributed by atoms with Crippen molar-refractivity contribution in [3.05, 3.63) is 46.7 Å². The van der Waals surface area contributed by atoms with Gasteiger partial charge in [-0.2, -0.15) is 0 Å². The van der Waals surface area contributed by atoms with E-state index in [2.05, 4.69) is 9.97 Å². The van der Waals surface area contributed by atoms with Crippen molar-refractivity contribution in [2.75, 3.05) is 7.05 Å². The van der Waals surface area contributed by atoms with E-state index in [1.807, 2.05) is 25.1 Å². The number of halogens is 1. The van der Waals surface area contributed by atoms with Crippen LogP contribution in [0.5, 0.6) is 0 Å². The van der Waals surface area contributed by atoms with E-state index in [0.717, 1.165) is 17.0 Å². The van der Waals surface area contributed by atoms with Gasteiger partial charge in [-0.05, 0) is 51.2 Å². The summed E-state index contributed by atoms with van der Waals surface area (Å²) in [6.07, 6.45) is 0. The van der Waals surface area contributed by atoms with Crippen LogP contribution in [-0.4, -0.2) is 39.0 Å². The fourth-order valence-corrected chi connectivity index (χ4v) is 2.15. The molecule has 0 spiro atoms. The van der Waals surface area contributed by atoms with Gasteiger partial charge in [0.2, 0.25) is 0 Å². The van der Waals surface area contributed by atoms with Gasteiger partial charge in [0.25, 0.3) is 0 Å². The minimum atomic E-state index is -0.855. The van der Waals surface area contributed by atoms with Crippen LogP contribution in [0.25, 0.3) is 11.4 Å². The standard InChI is InChI=1S/C16H18ClN3O2/c1-10-8-14(9-20(3)11(2)16(21)22)19-15(18-10)12-4-6-13(17)7-5-12/h4-8,11H,9H2,1-3H3,(H,21,22). The average Bonchev–Trinajstić information content (AvgIpc) is 2.46. The first-order valence-electron chi connectivity index (χ1n) is 6.90. The largest absolute Gasteiger partial charge is 0.480 e. The van der Waals surface area contributed by atoms with Gasteiger partial charge < -0.3 is 5.11 Å². The number of likely N-dealkylation sites (N-methyl/N-ethyl adjacent to an activating group) is 1. The fourth-order valence-electron chi connectivity index (χ4n) is 2.02. The number of carboxylic acid groups (broad SMARTS) is 1. The first kappa shape index (κ1) is 16.4. The summed E-state index contributed by atoms with van der Waals surface area (Å²) in [5, 5.41) is 9.72. The number of nitrogens with zero attached hydrogens (tertiary/aromatic N) is 3. The maximum atomic E-state index is 11.0. The SMILES string of the molecule is Cc1cc(CN(C)C(C)C(=O)O)nc(-c2ccc(Cl)cc2)n1. The molecule has 0 radical (unpaired) electrons. The van der Waals surface area contributed by atoms with Crippen LogP contribution in [0.2, 0.25) is 5.02 Å². The molecule has 1 aromatic heterocycles. The number of aryl methyl sites for hydroxylation is 1. The van der Waals surface area contributed by atoms with Crippen molar-refractivity contribution in [3.8, 4) is 11.4 Å². The Morgan fingerprint density at radius 3 is 2.55 bits per heavy atom. The van der Waals surface area contributed by atoms with Gasteiger partial charge in [0.1, 0.15) is 6.04 Å². The molecule has 22 heavy (non-hydrogen) atoms. The zero-order chi connectivity index (χ0) is 16.3. The van der Waals surface area contributed by atoms with Crippen LogP contribution in [0.3, 0.4) is 0 Å². The third-order valence-electron chi connectivity index (χ3n) is 3.44. The lowest BCUT2D eigenvalue weighted by Crippen LogP contribution is -2.35. The van der Waals surface area contributed by atoms with Gasteiger partial charge in [-0.15, -0.1) is 0 Å². The van der Waals surface area contributed by atoms with Crippen LogP contribution in [-0.2, 0) is 11.3 Å². The summed E-state index contributed by atoms with van der Waals surface area (Å²) in [5.74, 6) is -0.241. The summed E-state index contributed by atoms with van der Waals surface area (Å²) in [6, 6.07) is 8.61. The fraction of sp³-hybridized carbons (Fsp3) is 0.312. The van der Waals surface area contributed by atoms with Gasteiger partial charge in [-0.25, -0.2) is 9.97 Å². The second-order valence-corrected chi connectivity index (χ2v) is 5.70. The molecule has 1 heterocycles. The molecule has 0 aliphatic rings. The van der Waals surface area contributed by atoms with E-state index in [1.165, 1.54) is 0 Å². The highest BCUT2D eigenvalue weighted by molar-refractivity contribution is 6.30. The third-order valence-corrected chi connectivity index (χ3v) is 3.69. The molecule has 0 aliphatic carbocycles. The molecule has 1 aromatic carbocycles. The van der Waals surface area contributed by atoms with Crippen LogP contribution in [0, 0.1) is 6.92 Å². The number of aromatic nitrogens is 2. The molecule has 1 N–H and O–H groups in total. The Hall–Kier alpha value is -1.98. The van der Waals surface area contributed by atoms with Crippen LogP contribution in [0.15, 0.2) is 30.3 Å². The zero-order valence-corrected chi connectivity index (χ0v) is 13.5. The van der Waals surface area contributed by atoms with Crippen molar-refractivity contribution in [1.29, 1.82) is 0 Å². The van der Waals surface area contributed by atoms with E-state index in [1.54, 1.807) is 31.0 Å². The molecule has 2 aromatic rings. The van der Waals surface area contributed by atoms with Gasteiger partial charge in [0.15, 0.2) is 5.82 Å². The normalized spacial score (nSPS) is 12.4. The monoisotopic (exact) mass is 319 g/mol. The summed E-state index contributed by atoms with van der Waals surface area (Å²) >= 11 is 5.89. The lowest BCUT2D eigenvalue weighted by molar-refractivity contribution is -0.142. The lowest BCUT2D eigenvalue weighted by atomic mass is 10.2. The summed E-state index contributed by atoms with van der Waals surface area (Å²) in [4.78, 5) is 21.7. The highest BCUT2D eigenvalue weighted by atomic mass is 35.5. The molecule has 2 rings (SSSR count). The van der Waals surface area contributed by atoms with Gasteiger partial charge in [0.05, 0.1) is 5.69 Å². The maximum Gasteiger partial charge on any atom is 0.320 e. The number of rotatable bonds is 5. The first-order valence-corrected chi connectivity index (χ1v) is 7.28. The van der Waals surface area contributed by atoms with Crippen LogP contribution < -0.4 is 0 Å². The van der Waals surface area contributed by atoms with E-state index >= 15 is 0 Å². The number of aliphatic carboxylic acids is 1. The molecule has 0 fully saturated rings. The Morgan fingerprint density at radius 2 is 1.95 bits per heavy atom. The summed E-state index contributed by atoms with van der Waals surface area (Å²) in [6.45, 7) is 3.99. The molecule has 0 bridgehead atoms. The quantitative estimate of drug-likeness (QED) is 0.917. The molecule has 0 amide bonds. The number of carboxylic acids is 1. The van der Waals surface area contributed by atoms with Crippen molar-refractivity contribution in [2.24, 2.45) is 0 Å². The van der Waals surface area contributed by atoms with Crippen molar-refractivity contribution in [1.82, 2.24) is 14.9 Å². The molecule has 0 saturated carbocycles. The van der Waals surface area contributed by atoms with Crippen molar-refractivity contribution < 1.29 is 9.90 Å². The number of hydrogen-bond acceptors (Lipinski definition) is 4. The summed E-state index contributed by atoms with van der Waals surface area (Å²) in [5.41, 5.74) is 2.50. The molecule has 5 nitrogen and oxygen atoms in total. The topological polar surface area (TPSA) is 66.3 Å². The van der Waals surface area contributed by atoms with Gasteiger partial charge >= 0.3 is 5.97 Å². The van der Waals surface area contributed by atoms with Crippen LogP contribution in [0.1, 0.15) is 18.3 Å². The van der Waals surface area contributed by atoms with Gasteiger partial charge in [-0.1, -0.05) is 11.6 Å². The predicted molar refractivity (Wildman–Crippen MR) is 85.8 cm³/mol. The Kier molecular flexibility index (Phi) is 5.11. The maximum absolute atomic E-state index is 11.0. The predicted octanol–water partition coefficient (Wildman–Crippen LogP) is 3.01. The van der Waals surface area contributed by atoms with E-state index < -0.39 is 12.0 Å². The minimum Gasteiger partial charge on any atom is -0.480 e. The van der Waals surface area contributed by atoms with Crippen LogP contribution >= 0.6 is 11.6 Å². The molecule has 1 atom stereocenters. The number of benzene rings is 1. The van der Waals surface area contributed by atoms with Gasteiger partial charge in [0, 0.05) is 22.8 Å². The van der Waals surface area contributed by atoms with Crippen molar-refractivity contribution >= 4 is 17.6 Å². The highest BCUT2D eigenvalue weighted by Gasteiger charge is 2.17. The molecule has 0 aliphatic heterocycles. The second-order valence-electron chi connectivity index (χ2n) is 5.26. The minimum absolute atomic E-state index is 0.442. The molecule has 116 valence electrons. The van der Waals surface area contributed by atoms with Gasteiger partial charge in [-0.3, -0.25) is 9.69 Å². The summed E-state index contributed by atoms with van der Waals surface area (Å²) < 4.78 is 0. The Balaban J connectivity index is 2.27. The van der Waals surface area contributed by atoms with E-state index in [-0.39, 0.29) is 0 Å². The zero-order valence-electron chi connectivity index (χ0n) is 12.7. The highest BCUT2D eigenvalue weighted by Crippen LogP contribution is 2.19. The first-order chi connectivity index (χ1) is 10.4. The van der Waals surface area contributed by atoms with E-state index in [4.69, 9.17) is 16.7 Å². The van der Waals surface area contributed by atoms with E-state index in [0.29, 0.717) is 17.4 Å². The van der Waals surface area contributed by atoms with E-state index in [9.17, 15) is 4.79 Å². The second kappa shape index (κ2) is 6.85. The van der Waals surface area contributed by atoms with Crippen molar-refractivity contribution in [3.63, 3.8) is 0 Å². The molecule has 1 unspecified atom stereocenters. The smallest absolute Gasteiger partial charge is 0.320 e. The van der Waals surface area contributed by atoms with Crippen molar-refractivity contribution in [2.45, 2.75) is 26.4 Å². The number of hydrogen-bond donors (Lipinski definition) is 1. The Labute approximate surface area is 134 Å². The molecule has 6 heteroatoms. The Morgan fingerprint density at radius 1 is 1.32 bits per heavy atom. The average molecular weight is 320 g/mol. The summed E-state index contributed by atoms with van der Waals surface area (Å²) in [7, 11) is 1.76. The molecule has 0 saturated heterocycles. The van der Waals surface area contributed by atoms with Crippen LogP contribution in [0.4, 0.5) is 0 Å². The third kappa shape index (κ3) is 4.02. The molecular formula is C16H18ClN3O2. The number of carbonyl (C=O) groups is 1. The lowest BCUT2D eigenvalue weighted by Gasteiger charge is -2.20.